The van der Waals surface area contributed by atoms with Crippen LogP contribution in [0.5, 0.6) is 0 Å². The first-order chi connectivity index (χ1) is 7.00. The fourth-order valence-corrected chi connectivity index (χ4v) is 1.76. The second-order valence-corrected chi connectivity index (χ2v) is 6.53. The van der Waals surface area contributed by atoms with Crippen LogP contribution in [-0.4, -0.2) is 31.8 Å². The number of aliphatic imine (C=N–C) groups is 1. The largest absolute Gasteiger partial charge is 0.380 e. The molecule has 0 rings (SSSR count). The van der Waals surface area contributed by atoms with E-state index in [2.05, 4.69) is 71.6 Å². The van der Waals surface area contributed by atoms with Crippen molar-refractivity contribution in [3.63, 3.8) is 0 Å². The Labute approximate surface area is 101 Å². The number of allylic oxidation sites excluding steroid dienone is 2. The van der Waals surface area contributed by atoms with Crippen molar-refractivity contribution in [3.8, 4) is 0 Å². The highest BCUT2D eigenvalue weighted by molar-refractivity contribution is 5.99. The van der Waals surface area contributed by atoms with E-state index in [1.54, 1.807) is 0 Å². The fraction of sp³-hybridized carbons (Fsp3) is 0.786. The van der Waals surface area contributed by atoms with Gasteiger partial charge in [-0.1, -0.05) is 41.5 Å². The van der Waals surface area contributed by atoms with Crippen LogP contribution < -0.4 is 0 Å². The van der Waals surface area contributed by atoms with Gasteiger partial charge in [-0.25, -0.2) is 0 Å². The minimum Gasteiger partial charge on any atom is -0.380 e. The van der Waals surface area contributed by atoms with E-state index in [1.165, 1.54) is 5.70 Å². The summed E-state index contributed by atoms with van der Waals surface area (Å²) in [6.45, 7) is 13.3. The van der Waals surface area contributed by atoms with Crippen LogP contribution in [0.1, 0.15) is 41.5 Å². The third-order valence-corrected chi connectivity index (χ3v) is 2.53. The Balaban J connectivity index is 5.39. The predicted octanol–water partition coefficient (Wildman–Crippen LogP) is 3.59. The van der Waals surface area contributed by atoms with Gasteiger partial charge in [0.15, 0.2) is 0 Å². The monoisotopic (exact) mass is 224 g/mol. The van der Waals surface area contributed by atoms with Gasteiger partial charge in [-0.05, 0) is 6.08 Å². The van der Waals surface area contributed by atoms with E-state index in [0.29, 0.717) is 0 Å². The van der Waals surface area contributed by atoms with E-state index in [4.69, 9.17) is 0 Å². The number of hydrogen-bond acceptors (Lipinski definition) is 2. The Kier molecular flexibility index (Phi) is 4.78. The Morgan fingerprint density at radius 1 is 0.938 bits per heavy atom. The molecule has 0 saturated heterocycles. The highest BCUT2D eigenvalue weighted by Crippen LogP contribution is 2.28. The lowest BCUT2D eigenvalue weighted by atomic mass is 9.84. The van der Waals surface area contributed by atoms with Crippen molar-refractivity contribution in [2.45, 2.75) is 41.5 Å². The summed E-state index contributed by atoms with van der Waals surface area (Å²) in [5, 5.41) is 0. The van der Waals surface area contributed by atoms with Gasteiger partial charge < -0.3 is 4.90 Å². The lowest BCUT2D eigenvalue weighted by Crippen LogP contribution is -2.27. The van der Waals surface area contributed by atoms with Crippen molar-refractivity contribution in [2.75, 3.05) is 21.1 Å². The van der Waals surface area contributed by atoms with Gasteiger partial charge in [0.05, 0.1) is 0 Å². The van der Waals surface area contributed by atoms with Crippen LogP contribution in [0.25, 0.3) is 0 Å². The third-order valence-electron chi connectivity index (χ3n) is 2.53. The standard InChI is InChI=1S/C14H28N2/c1-13(2,3)11(15-7)10-12(16(8)9)14(4,5)6/h10H,1-9H3/b12-10-,15-11?. The van der Waals surface area contributed by atoms with Crippen molar-refractivity contribution in [3.05, 3.63) is 11.8 Å². The number of nitrogens with zero attached hydrogens (tertiary/aromatic N) is 2. The van der Waals surface area contributed by atoms with E-state index >= 15 is 0 Å². The average Bonchev–Trinajstić information content (AvgIpc) is 1.99. The fourth-order valence-electron chi connectivity index (χ4n) is 1.76. The number of rotatable bonds is 2. The highest BCUT2D eigenvalue weighted by Gasteiger charge is 2.23. The van der Waals surface area contributed by atoms with Gasteiger partial charge in [-0.3, -0.25) is 4.99 Å². The molecule has 0 aliphatic rings. The SMILES string of the molecule is CN=C(/C=C(\N(C)C)C(C)(C)C)C(C)(C)C. The zero-order valence-corrected chi connectivity index (χ0v) is 12.5. The van der Waals surface area contributed by atoms with Crippen molar-refractivity contribution in [2.24, 2.45) is 15.8 Å². The second kappa shape index (κ2) is 5.03. The van der Waals surface area contributed by atoms with E-state index in [1.807, 2.05) is 7.05 Å². The molecule has 2 nitrogen and oxygen atoms in total. The molecule has 94 valence electrons. The van der Waals surface area contributed by atoms with Crippen molar-refractivity contribution in [1.29, 1.82) is 0 Å². The maximum Gasteiger partial charge on any atom is 0.0415 e. The van der Waals surface area contributed by atoms with E-state index in [9.17, 15) is 0 Å². The summed E-state index contributed by atoms with van der Waals surface area (Å²) in [6.07, 6.45) is 2.22. The predicted molar refractivity (Wildman–Crippen MR) is 74.0 cm³/mol. The van der Waals surface area contributed by atoms with E-state index < -0.39 is 0 Å². The Bertz CT molecular complexity index is 283. The van der Waals surface area contributed by atoms with Crippen LogP contribution in [0.2, 0.25) is 0 Å². The van der Waals surface area contributed by atoms with Gasteiger partial charge in [0, 0.05) is 43.4 Å². The van der Waals surface area contributed by atoms with E-state index in [0.717, 1.165) is 5.71 Å². The van der Waals surface area contributed by atoms with Crippen molar-refractivity contribution >= 4 is 5.71 Å². The van der Waals surface area contributed by atoms with Crippen LogP contribution in [-0.2, 0) is 0 Å². The third kappa shape index (κ3) is 4.38. The molecular formula is C14H28N2. The number of hydrogen-bond donors (Lipinski definition) is 0. The molecule has 0 amide bonds. The molecule has 0 bridgehead atoms. The minimum absolute atomic E-state index is 0.0985. The maximum absolute atomic E-state index is 4.41. The van der Waals surface area contributed by atoms with Crippen LogP contribution in [0.4, 0.5) is 0 Å². The van der Waals surface area contributed by atoms with Crippen LogP contribution in [0.15, 0.2) is 16.8 Å². The summed E-state index contributed by atoms with van der Waals surface area (Å²) >= 11 is 0. The average molecular weight is 224 g/mol. The van der Waals surface area contributed by atoms with Gasteiger partial charge in [0.25, 0.3) is 0 Å². The molecule has 2 heteroatoms. The van der Waals surface area contributed by atoms with Crippen molar-refractivity contribution < 1.29 is 0 Å². The van der Waals surface area contributed by atoms with Gasteiger partial charge in [0.1, 0.15) is 0 Å². The summed E-state index contributed by atoms with van der Waals surface area (Å²) in [6, 6.07) is 0. The summed E-state index contributed by atoms with van der Waals surface area (Å²) in [7, 11) is 6.05. The van der Waals surface area contributed by atoms with Crippen LogP contribution in [0, 0.1) is 10.8 Å². The maximum atomic E-state index is 4.41. The van der Waals surface area contributed by atoms with Gasteiger partial charge in [0.2, 0.25) is 0 Å². The molecule has 0 fully saturated rings. The van der Waals surface area contributed by atoms with Gasteiger partial charge in [-0.2, -0.15) is 0 Å². The minimum atomic E-state index is 0.0985. The molecule has 0 atom stereocenters. The quantitative estimate of drug-likeness (QED) is 0.654. The molecule has 0 aliphatic carbocycles. The zero-order valence-electron chi connectivity index (χ0n) is 12.5. The van der Waals surface area contributed by atoms with Crippen molar-refractivity contribution in [1.82, 2.24) is 4.90 Å². The lowest BCUT2D eigenvalue weighted by molar-refractivity contribution is 0.353. The molecule has 0 heterocycles. The Morgan fingerprint density at radius 2 is 1.38 bits per heavy atom. The molecule has 0 saturated carbocycles. The Morgan fingerprint density at radius 3 is 1.56 bits per heavy atom. The van der Waals surface area contributed by atoms with Crippen LogP contribution >= 0.6 is 0 Å². The second-order valence-electron chi connectivity index (χ2n) is 6.53. The normalized spacial score (nSPS) is 15.3. The summed E-state index contributed by atoms with van der Waals surface area (Å²) in [4.78, 5) is 6.59. The smallest absolute Gasteiger partial charge is 0.0415 e. The molecular weight excluding hydrogens is 196 g/mol. The van der Waals surface area contributed by atoms with Gasteiger partial charge >= 0.3 is 0 Å². The lowest BCUT2D eigenvalue weighted by Gasteiger charge is -2.31. The summed E-state index contributed by atoms with van der Waals surface area (Å²) in [5.74, 6) is 0. The molecule has 0 aromatic heterocycles. The first kappa shape index (κ1) is 15.2. The van der Waals surface area contributed by atoms with Crippen LogP contribution in [0.3, 0.4) is 0 Å². The highest BCUT2D eigenvalue weighted by atomic mass is 15.1. The molecule has 0 aliphatic heterocycles. The molecule has 0 radical (unpaired) electrons. The van der Waals surface area contributed by atoms with Gasteiger partial charge in [-0.15, -0.1) is 0 Å². The Hall–Kier alpha value is -0.790. The molecule has 0 unspecified atom stereocenters. The molecule has 0 N–H and O–H groups in total. The summed E-state index contributed by atoms with van der Waals surface area (Å²) < 4.78 is 0. The molecule has 0 aromatic carbocycles. The van der Waals surface area contributed by atoms with E-state index in [-0.39, 0.29) is 10.8 Å². The first-order valence-corrected chi connectivity index (χ1v) is 5.87. The zero-order chi connectivity index (χ0) is 13.1. The molecule has 0 aromatic rings. The topological polar surface area (TPSA) is 15.6 Å². The first-order valence-electron chi connectivity index (χ1n) is 5.87. The molecule has 16 heavy (non-hydrogen) atoms. The molecule has 0 spiro atoms. The summed E-state index contributed by atoms with van der Waals surface area (Å²) in [5.41, 5.74) is 2.69.